The van der Waals surface area contributed by atoms with E-state index in [1.807, 2.05) is 6.92 Å². The predicted octanol–water partition coefficient (Wildman–Crippen LogP) is 1.29. The van der Waals surface area contributed by atoms with Crippen LogP contribution < -0.4 is 11.1 Å². The molecule has 1 fully saturated rings. The van der Waals surface area contributed by atoms with Crippen LogP contribution in [0.25, 0.3) is 0 Å². The van der Waals surface area contributed by atoms with Gasteiger partial charge in [0.1, 0.15) is 5.54 Å². The maximum atomic E-state index is 11.7. The van der Waals surface area contributed by atoms with Crippen molar-refractivity contribution in [1.29, 1.82) is 0 Å². The number of hydrogen-bond acceptors (Lipinski definition) is 3. The van der Waals surface area contributed by atoms with Crippen molar-refractivity contribution in [2.75, 3.05) is 19.8 Å². The highest BCUT2D eigenvalue weighted by atomic mass is 16.5. The lowest BCUT2D eigenvalue weighted by Crippen LogP contribution is -2.60. The lowest BCUT2D eigenvalue weighted by Gasteiger charge is -2.31. The van der Waals surface area contributed by atoms with Gasteiger partial charge >= 0.3 is 0 Å². The Bertz CT molecular complexity index is 252. The lowest BCUT2D eigenvalue weighted by atomic mass is 9.93. The Labute approximate surface area is 104 Å². The van der Waals surface area contributed by atoms with E-state index in [4.69, 9.17) is 10.5 Å². The van der Waals surface area contributed by atoms with E-state index in [9.17, 15) is 4.79 Å². The lowest BCUT2D eigenvalue weighted by molar-refractivity contribution is -0.128. The molecule has 0 radical (unpaired) electrons. The van der Waals surface area contributed by atoms with Crippen LogP contribution in [0.3, 0.4) is 0 Å². The molecule has 0 heterocycles. The molecule has 0 spiro atoms. The van der Waals surface area contributed by atoms with Gasteiger partial charge in [-0.25, -0.2) is 0 Å². The number of carbonyl (C=O) groups excluding carboxylic acids is 1. The van der Waals surface area contributed by atoms with Crippen LogP contribution in [0.5, 0.6) is 0 Å². The highest BCUT2D eigenvalue weighted by Gasteiger charge is 2.49. The van der Waals surface area contributed by atoms with E-state index in [1.54, 1.807) is 0 Å². The van der Waals surface area contributed by atoms with Crippen molar-refractivity contribution >= 4 is 5.91 Å². The number of ether oxygens (including phenoxy) is 1. The van der Waals surface area contributed by atoms with Gasteiger partial charge in [-0.2, -0.15) is 0 Å². The van der Waals surface area contributed by atoms with Gasteiger partial charge in [0.15, 0.2) is 0 Å². The molecular weight excluding hydrogens is 216 g/mol. The normalized spacial score (nSPS) is 19.3. The van der Waals surface area contributed by atoms with E-state index in [0.717, 1.165) is 25.8 Å². The Morgan fingerprint density at radius 3 is 2.59 bits per heavy atom. The van der Waals surface area contributed by atoms with Crippen LogP contribution in [0.15, 0.2) is 0 Å². The third kappa shape index (κ3) is 3.96. The molecule has 0 saturated heterocycles. The Hall–Kier alpha value is -0.610. The van der Waals surface area contributed by atoms with Crippen molar-refractivity contribution in [2.45, 2.75) is 45.6 Å². The zero-order valence-corrected chi connectivity index (χ0v) is 11.3. The molecule has 1 aliphatic carbocycles. The minimum absolute atomic E-state index is 0.272. The van der Waals surface area contributed by atoms with Gasteiger partial charge in [-0.1, -0.05) is 20.8 Å². The first kappa shape index (κ1) is 14.5. The smallest absolute Gasteiger partial charge is 0.240 e. The van der Waals surface area contributed by atoms with Gasteiger partial charge in [0.05, 0.1) is 6.61 Å². The van der Waals surface area contributed by atoms with Crippen molar-refractivity contribution < 1.29 is 9.53 Å². The molecule has 1 atom stereocenters. The fraction of sp³-hybridized carbons (Fsp3) is 0.923. The molecule has 1 rings (SSSR count). The molecule has 0 bridgehead atoms. The third-order valence-electron chi connectivity index (χ3n) is 3.38. The van der Waals surface area contributed by atoms with Crippen LogP contribution >= 0.6 is 0 Å². The quantitative estimate of drug-likeness (QED) is 0.599. The number of amides is 1. The maximum Gasteiger partial charge on any atom is 0.240 e. The van der Waals surface area contributed by atoms with Crippen molar-refractivity contribution in [2.24, 2.45) is 17.6 Å². The van der Waals surface area contributed by atoms with E-state index in [1.165, 1.54) is 0 Å². The summed E-state index contributed by atoms with van der Waals surface area (Å²) in [6.07, 6.45) is 3.17. The van der Waals surface area contributed by atoms with Gasteiger partial charge < -0.3 is 15.8 Å². The maximum absolute atomic E-state index is 11.7. The van der Waals surface area contributed by atoms with E-state index < -0.39 is 5.54 Å². The van der Waals surface area contributed by atoms with Gasteiger partial charge in [-0.3, -0.25) is 4.79 Å². The highest BCUT2D eigenvalue weighted by Crippen LogP contribution is 2.39. The molecule has 17 heavy (non-hydrogen) atoms. The molecule has 4 nitrogen and oxygen atoms in total. The molecule has 0 aromatic carbocycles. The molecule has 0 aromatic heterocycles. The first-order chi connectivity index (χ1) is 8.03. The molecule has 1 saturated carbocycles. The summed E-state index contributed by atoms with van der Waals surface area (Å²) in [5.41, 5.74) is 4.93. The van der Waals surface area contributed by atoms with Crippen LogP contribution in [-0.4, -0.2) is 31.2 Å². The number of likely N-dealkylation sites (N-methyl/N-ethyl adjacent to an activating group) is 1. The second-order valence-corrected chi connectivity index (χ2v) is 5.38. The standard InChI is InChI=1S/C13H26N2O2/c1-4-15-13(12(14)16,11-5-6-11)9-17-8-7-10(2)3/h10-11,15H,4-9H2,1-3H3,(H2,14,16). The minimum atomic E-state index is -0.633. The molecular formula is C13H26N2O2. The summed E-state index contributed by atoms with van der Waals surface area (Å²) in [6.45, 7) is 8.17. The van der Waals surface area contributed by atoms with Crippen molar-refractivity contribution in [3.63, 3.8) is 0 Å². The second-order valence-electron chi connectivity index (χ2n) is 5.38. The summed E-state index contributed by atoms with van der Waals surface area (Å²) in [5.74, 6) is 0.712. The number of nitrogens with two attached hydrogens (primary N) is 1. The first-order valence-electron chi connectivity index (χ1n) is 6.65. The molecule has 0 aliphatic heterocycles. The van der Waals surface area contributed by atoms with Gasteiger partial charge in [-0.05, 0) is 37.6 Å². The third-order valence-corrected chi connectivity index (χ3v) is 3.38. The van der Waals surface area contributed by atoms with Crippen LogP contribution in [0.1, 0.15) is 40.0 Å². The van der Waals surface area contributed by atoms with E-state index >= 15 is 0 Å². The summed E-state index contributed by atoms with van der Waals surface area (Å²) in [6, 6.07) is 0. The Morgan fingerprint density at radius 1 is 1.53 bits per heavy atom. The summed E-state index contributed by atoms with van der Waals surface area (Å²) in [5, 5.41) is 3.25. The average molecular weight is 242 g/mol. The van der Waals surface area contributed by atoms with E-state index in [-0.39, 0.29) is 5.91 Å². The summed E-state index contributed by atoms with van der Waals surface area (Å²) in [7, 11) is 0. The van der Waals surface area contributed by atoms with Gasteiger partial charge in [0, 0.05) is 6.61 Å². The van der Waals surface area contributed by atoms with Crippen LogP contribution in [0.2, 0.25) is 0 Å². The molecule has 100 valence electrons. The number of carbonyl (C=O) groups is 1. The largest absolute Gasteiger partial charge is 0.379 e. The molecule has 4 heteroatoms. The van der Waals surface area contributed by atoms with Gasteiger partial charge in [-0.15, -0.1) is 0 Å². The SMILES string of the molecule is CCNC(COCCC(C)C)(C(N)=O)C1CC1. The minimum Gasteiger partial charge on any atom is -0.379 e. The van der Waals surface area contributed by atoms with Crippen LogP contribution in [0, 0.1) is 11.8 Å². The Kier molecular flexibility index (Phi) is 5.40. The zero-order chi connectivity index (χ0) is 12.9. The van der Waals surface area contributed by atoms with Crippen molar-refractivity contribution in [3.05, 3.63) is 0 Å². The molecule has 3 N–H and O–H groups in total. The van der Waals surface area contributed by atoms with E-state index in [2.05, 4.69) is 19.2 Å². The fourth-order valence-corrected chi connectivity index (χ4v) is 2.12. The van der Waals surface area contributed by atoms with Crippen molar-refractivity contribution in [3.8, 4) is 0 Å². The highest BCUT2D eigenvalue weighted by molar-refractivity contribution is 5.85. The Morgan fingerprint density at radius 2 is 2.18 bits per heavy atom. The number of rotatable bonds is 9. The number of nitrogens with one attached hydrogen (secondary N) is 1. The predicted molar refractivity (Wildman–Crippen MR) is 68.6 cm³/mol. The topological polar surface area (TPSA) is 64.3 Å². The summed E-state index contributed by atoms with van der Waals surface area (Å²) < 4.78 is 5.66. The van der Waals surface area contributed by atoms with Gasteiger partial charge in [0.2, 0.25) is 5.91 Å². The average Bonchev–Trinajstić information content (AvgIpc) is 3.05. The summed E-state index contributed by atoms with van der Waals surface area (Å²) in [4.78, 5) is 11.7. The second kappa shape index (κ2) is 6.36. The zero-order valence-electron chi connectivity index (χ0n) is 11.3. The van der Waals surface area contributed by atoms with Crippen LogP contribution in [0.4, 0.5) is 0 Å². The number of hydrogen-bond donors (Lipinski definition) is 2. The van der Waals surface area contributed by atoms with E-state index in [0.29, 0.717) is 25.0 Å². The Balaban J connectivity index is 2.48. The number of primary amides is 1. The molecule has 0 aromatic rings. The molecule has 1 unspecified atom stereocenters. The fourth-order valence-electron chi connectivity index (χ4n) is 2.12. The molecule has 1 aliphatic rings. The van der Waals surface area contributed by atoms with Gasteiger partial charge in [0.25, 0.3) is 0 Å². The van der Waals surface area contributed by atoms with Crippen molar-refractivity contribution in [1.82, 2.24) is 5.32 Å². The first-order valence-corrected chi connectivity index (χ1v) is 6.65. The van der Waals surface area contributed by atoms with Crippen LogP contribution in [-0.2, 0) is 9.53 Å². The molecule has 1 amide bonds. The monoisotopic (exact) mass is 242 g/mol. The summed E-state index contributed by atoms with van der Waals surface area (Å²) >= 11 is 0.